The zero-order valence-electron chi connectivity index (χ0n) is 21.2. The monoisotopic (exact) mass is 492 g/mol. The molecule has 0 aliphatic carbocycles. The van der Waals surface area contributed by atoms with E-state index in [4.69, 9.17) is 0 Å². The molecule has 0 bridgehead atoms. The fourth-order valence-electron chi connectivity index (χ4n) is 3.87. The Bertz CT molecular complexity index is 1580. The quantitative estimate of drug-likeness (QED) is 0.297. The Labute approximate surface area is 215 Å². The number of aromatic amines is 1. The molecular formula is C29H28N6O2. The van der Waals surface area contributed by atoms with Gasteiger partial charge >= 0.3 is 0 Å². The van der Waals surface area contributed by atoms with Gasteiger partial charge in [0.15, 0.2) is 5.78 Å². The zero-order chi connectivity index (χ0) is 26.4. The van der Waals surface area contributed by atoms with Crippen LogP contribution in [-0.2, 0) is 7.05 Å². The first kappa shape index (κ1) is 25.2. The Balaban J connectivity index is 0.00000156. The number of hydrogen-bond acceptors (Lipinski definition) is 5. The minimum Gasteiger partial charge on any atom is -0.321 e. The van der Waals surface area contributed by atoms with Crippen molar-refractivity contribution >= 4 is 40.4 Å². The Hall–Kier alpha value is -4.85. The molecule has 5 aromatic rings. The third-order valence-electron chi connectivity index (χ3n) is 5.57. The van der Waals surface area contributed by atoms with Gasteiger partial charge in [0.05, 0.1) is 22.6 Å². The number of carbonyl (C=O) groups is 2. The number of carbonyl (C=O) groups excluding carboxylic acids is 2. The predicted octanol–water partition coefficient (Wildman–Crippen LogP) is 5.68. The van der Waals surface area contributed by atoms with Crippen molar-refractivity contribution in [3.05, 3.63) is 107 Å². The van der Waals surface area contributed by atoms with E-state index in [1.54, 1.807) is 55.7 Å². The highest BCUT2D eigenvalue weighted by molar-refractivity contribution is 6.12. The van der Waals surface area contributed by atoms with Crippen molar-refractivity contribution < 1.29 is 9.59 Å². The molecule has 3 heterocycles. The lowest BCUT2D eigenvalue weighted by Gasteiger charge is -2.08. The van der Waals surface area contributed by atoms with E-state index < -0.39 is 0 Å². The molecule has 8 nitrogen and oxygen atoms in total. The normalized spacial score (nSPS) is 10.8. The molecule has 0 saturated carbocycles. The van der Waals surface area contributed by atoms with E-state index in [2.05, 4.69) is 25.6 Å². The fraction of sp³-hybridized carbons (Fsp3) is 0.138. The number of aromatic nitrogens is 5. The highest BCUT2D eigenvalue weighted by Gasteiger charge is 2.15. The van der Waals surface area contributed by atoms with Crippen molar-refractivity contribution in [2.24, 2.45) is 7.05 Å². The first-order chi connectivity index (χ1) is 18.0. The van der Waals surface area contributed by atoms with Crippen molar-refractivity contribution in [3.63, 3.8) is 0 Å². The summed E-state index contributed by atoms with van der Waals surface area (Å²) in [4.78, 5) is 30.1. The second-order valence-corrected chi connectivity index (χ2v) is 8.12. The van der Waals surface area contributed by atoms with Gasteiger partial charge in [0, 0.05) is 35.4 Å². The van der Waals surface area contributed by atoms with Crippen LogP contribution in [0.3, 0.4) is 0 Å². The van der Waals surface area contributed by atoms with Gasteiger partial charge < -0.3 is 5.32 Å². The minimum absolute atomic E-state index is 0.153. The smallest absolute Gasteiger partial charge is 0.273 e. The average Bonchev–Trinajstić information content (AvgIpc) is 3.50. The van der Waals surface area contributed by atoms with E-state index in [1.165, 1.54) is 4.68 Å². The Kier molecular flexibility index (Phi) is 7.68. The molecule has 186 valence electrons. The standard InChI is InChI=1S/C27H22N6O2.C2H6/c1-17-14-25(33(2)32-17)27(35)29-21-8-5-6-18(15-21)26(34)19-9-11-22-23(30-31-24(22)16-19)12-10-20-7-3-4-13-28-20;1-2/h3-16H,1-2H3,(H,29,35)(H,30,31);1-2H3/b12-10+;. The van der Waals surface area contributed by atoms with Gasteiger partial charge in [-0.05, 0) is 61.5 Å². The summed E-state index contributed by atoms with van der Waals surface area (Å²) < 4.78 is 1.53. The van der Waals surface area contributed by atoms with Crippen molar-refractivity contribution in [3.8, 4) is 0 Å². The highest BCUT2D eigenvalue weighted by atomic mass is 16.2. The number of pyridine rings is 1. The largest absolute Gasteiger partial charge is 0.321 e. The molecule has 37 heavy (non-hydrogen) atoms. The number of nitrogens with one attached hydrogen (secondary N) is 2. The van der Waals surface area contributed by atoms with Crippen LogP contribution in [0.2, 0.25) is 0 Å². The van der Waals surface area contributed by atoms with Gasteiger partial charge in [-0.15, -0.1) is 0 Å². The number of nitrogens with zero attached hydrogens (tertiary/aromatic N) is 4. The summed E-state index contributed by atoms with van der Waals surface area (Å²) >= 11 is 0. The summed E-state index contributed by atoms with van der Waals surface area (Å²) in [6.45, 7) is 5.83. The number of H-pyrrole nitrogens is 1. The number of amides is 1. The van der Waals surface area contributed by atoms with Gasteiger partial charge in [0.2, 0.25) is 0 Å². The van der Waals surface area contributed by atoms with E-state index in [9.17, 15) is 9.59 Å². The number of hydrogen-bond donors (Lipinski definition) is 2. The molecule has 0 aliphatic rings. The molecule has 2 N–H and O–H groups in total. The topological polar surface area (TPSA) is 106 Å². The van der Waals surface area contributed by atoms with Gasteiger partial charge in [-0.1, -0.05) is 38.1 Å². The minimum atomic E-state index is -0.289. The van der Waals surface area contributed by atoms with Gasteiger partial charge in [-0.2, -0.15) is 10.2 Å². The predicted molar refractivity (Wildman–Crippen MR) is 146 cm³/mol. The van der Waals surface area contributed by atoms with Crippen molar-refractivity contribution in [1.29, 1.82) is 0 Å². The first-order valence-corrected chi connectivity index (χ1v) is 12.0. The number of rotatable bonds is 6. The van der Waals surface area contributed by atoms with E-state index in [0.717, 1.165) is 28.0 Å². The van der Waals surface area contributed by atoms with Crippen LogP contribution in [0.15, 0.2) is 72.9 Å². The first-order valence-electron chi connectivity index (χ1n) is 12.0. The molecule has 0 atom stereocenters. The van der Waals surface area contributed by atoms with Crippen LogP contribution in [0, 0.1) is 6.92 Å². The number of ketones is 1. The van der Waals surface area contributed by atoms with Crippen LogP contribution in [0.5, 0.6) is 0 Å². The van der Waals surface area contributed by atoms with Crippen molar-refractivity contribution in [2.75, 3.05) is 5.32 Å². The lowest BCUT2D eigenvalue weighted by atomic mass is 10.0. The maximum Gasteiger partial charge on any atom is 0.273 e. The Morgan fingerprint density at radius 1 is 0.946 bits per heavy atom. The number of benzene rings is 2. The van der Waals surface area contributed by atoms with Crippen LogP contribution in [0.1, 0.15) is 57.3 Å². The molecule has 0 spiro atoms. The van der Waals surface area contributed by atoms with E-state index in [1.807, 2.05) is 57.2 Å². The molecule has 0 fully saturated rings. The number of anilines is 1. The molecule has 0 unspecified atom stereocenters. The zero-order valence-corrected chi connectivity index (χ0v) is 21.2. The van der Waals surface area contributed by atoms with Gasteiger partial charge in [0.1, 0.15) is 5.69 Å². The van der Waals surface area contributed by atoms with Gasteiger partial charge in [-0.3, -0.25) is 24.4 Å². The molecule has 8 heteroatoms. The maximum absolute atomic E-state index is 13.2. The summed E-state index contributed by atoms with van der Waals surface area (Å²) in [7, 11) is 1.72. The molecule has 0 radical (unpaired) electrons. The van der Waals surface area contributed by atoms with Gasteiger partial charge in [-0.25, -0.2) is 0 Å². The fourth-order valence-corrected chi connectivity index (χ4v) is 3.87. The lowest BCUT2D eigenvalue weighted by molar-refractivity contribution is 0.101. The average molecular weight is 493 g/mol. The maximum atomic E-state index is 13.2. The molecule has 0 aliphatic heterocycles. The molecule has 3 aromatic heterocycles. The molecule has 1 amide bonds. The molecule has 0 saturated heterocycles. The summed E-state index contributed by atoms with van der Waals surface area (Å²) in [5.74, 6) is -0.442. The van der Waals surface area contributed by atoms with Crippen molar-refractivity contribution in [2.45, 2.75) is 20.8 Å². The van der Waals surface area contributed by atoms with Crippen molar-refractivity contribution in [1.82, 2.24) is 25.0 Å². The molecule has 5 rings (SSSR count). The van der Waals surface area contributed by atoms with Crippen LogP contribution in [0.4, 0.5) is 5.69 Å². The lowest BCUT2D eigenvalue weighted by Crippen LogP contribution is -2.16. The Morgan fingerprint density at radius 3 is 2.49 bits per heavy atom. The third kappa shape index (κ3) is 5.70. The SMILES string of the molecule is CC.Cc1cc(C(=O)Nc2cccc(C(=O)c3ccc4c(/C=C/c5ccccn5)n[nH]c4c3)c2)n(C)n1. The summed E-state index contributed by atoms with van der Waals surface area (Å²) in [5.41, 5.74) is 5.07. The van der Waals surface area contributed by atoms with E-state index in [-0.39, 0.29) is 11.7 Å². The second kappa shape index (κ2) is 11.3. The van der Waals surface area contributed by atoms with E-state index in [0.29, 0.717) is 22.5 Å². The van der Waals surface area contributed by atoms with Crippen LogP contribution in [0.25, 0.3) is 23.1 Å². The van der Waals surface area contributed by atoms with Gasteiger partial charge in [0.25, 0.3) is 5.91 Å². The van der Waals surface area contributed by atoms with Crippen LogP contribution < -0.4 is 5.32 Å². The number of aryl methyl sites for hydroxylation is 2. The highest BCUT2D eigenvalue weighted by Crippen LogP contribution is 2.22. The third-order valence-corrected chi connectivity index (χ3v) is 5.57. The Morgan fingerprint density at radius 2 is 1.76 bits per heavy atom. The molecule has 2 aromatic carbocycles. The summed E-state index contributed by atoms with van der Waals surface area (Å²) in [6, 6.07) is 19.7. The number of fused-ring (bicyclic) bond motifs is 1. The summed E-state index contributed by atoms with van der Waals surface area (Å²) in [6.07, 6.45) is 5.51. The van der Waals surface area contributed by atoms with Crippen LogP contribution >= 0.6 is 0 Å². The van der Waals surface area contributed by atoms with E-state index >= 15 is 0 Å². The van der Waals surface area contributed by atoms with Crippen LogP contribution in [-0.4, -0.2) is 36.7 Å². The second-order valence-electron chi connectivity index (χ2n) is 8.12. The molecular weight excluding hydrogens is 464 g/mol. The summed E-state index contributed by atoms with van der Waals surface area (Å²) in [5, 5.41) is 15.3.